The van der Waals surface area contributed by atoms with Crippen molar-refractivity contribution in [2.75, 3.05) is 21.3 Å². The van der Waals surface area contributed by atoms with E-state index < -0.39 is 0 Å². The SMILES string of the molecule is COc1ccc(C2C=C(C(C)C)N(Cc3ccc(F)cc3)N2C)cc1OC. The zero-order chi connectivity index (χ0) is 19.6. The highest BCUT2D eigenvalue weighted by Gasteiger charge is 2.32. The summed E-state index contributed by atoms with van der Waals surface area (Å²) in [6, 6.07) is 12.8. The van der Waals surface area contributed by atoms with E-state index in [0.29, 0.717) is 12.5 Å². The summed E-state index contributed by atoms with van der Waals surface area (Å²) in [6.07, 6.45) is 2.29. The van der Waals surface area contributed by atoms with Gasteiger partial charge in [-0.25, -0.2) is 9.40 Å². The van der Waals surface area contributed by atoms with Gasteiger partial charge in [0.1, 0.15) is 5.82 Å². The summed E-state index contributed by atoms with van der Waals surface area (Å²) in [7, 11) is 5.37. The predicted molar refractivity (Wildman–Crippen MR) is 105 cm³/mol. The maximum atomic E-state index is 13.2. The Morgan fingerprint density at radius 2 is 1.67 bits per heavy atom. The lowest BCUT2D eigenvalue weighted by molar-refractivity contribution is 0.0191. The number of hydrazine groups is 1. The van der Waals surface area contributed by atoms with Crippen molar-refractivity contribution < 1.29 is 13.9 Å². The molecule has 0 spiro atoms. The van der Waals surface area contributed by atoms with Crippen LogP contribution in [0.2, 0.25) is 0 Å². The fourth-order valence-corrected chi connectivity index (χ4v) is 3.49. The van der Waals surface area contributed by atoms with Crippen molar-refractivity contribution in [1.82, 2.24) is 10.0 Å². The van der Waals surface area contributed by atoms with Gasteiger partial charge in [-0.3, -0.25) is 0 Å². The molecule has 2 aromatic rings. The molecule has 27 heavy (non-hydrogen) atoms. The number of hydrogen-bond acceptors (Lipinski definition) is 4. The molecule has 2 aromatic carbocycles. The number of ether oxygens (including phenoxy) is 2. The first-order chi connectivity index (χ1) is 12.9. The molecule has 1 aliphatic heterocycles. The van der Waals surface area contributed by atoms with E-state index in [1.54, 1.807) is 14.2 Å². The van der Waals surface area contributed by atoms with Gasteiger partial charge in [0.2, 0.25) is 0 Å². The number of allylic oxidation sites excluding steroid dienone is 1. The maximum Gasteiger partial charge on any atom is 0.161 e. The lowest BCUT2D eigenvalue weighted by atomic mass is 10.0. The Bertz CT molecular complexity index is 818. The summed E-state index contributed by atoms with van der Waals surface area (Å²) >= 11 is 0. The number of nitrogens with zero attached hydrogens (tertiary/aromatic N) is 2. The quantitative estimate of drug-likeness (QED) is 0.730. The van der Waals surface area contributed by atoms with Crippen molar-refractivity contribution in [1.29, 1.82) is 0 Å². The summed E-state index contributed by atoms with van der Waals surface area (Å²) in [5, 5.41) is 4.49. The number of likely N-dealkylation sites (N-methyl/N-ethyl adjacent to an activating group) is 1. The van der Waals surface area contributed by atoms with Crippen molar-refractivity contribution >= 4 is 0 Å². The first-order valence-electron chi connectivity index (χ1n) is 9.13. The van der Waals surface area contributed by atoms with E-state index >= 15 is 0 Å². The first-order valence-corrected chi connectivity index (χ1v) is 9.13. The summed E-state index contributed by atoms with van der Waals surface area (Å²) in [4.78, 5) is 0. The van der Waals surface area contributed by atoms with E-state index in [9.17, 15) is 4.39 Å². The molecule has 3 rings (SSSR count). The van der Waals surface area contributed by atoms with Gasteiger partial charge in [-0.15, -0.1) is 0 Å². The number of hydrogen-bond donors (Lipinski definition) is 0. The van der Waals surface area contributed by atoms with E-state index in [2.05, 4.69) is 43.1 Å². The van der Waals surface area contributed by atoms with Gasteiger partial charge in [-0.05, 0) is 47.4 Å². The third-order valence-corrected chi connectivity index (χ3v) is 5.00. The van der Waals surface area contributed by atoms with Crippen LogP contribution in [0.4, 0.5) is 4.39 Å². The molecule has 1 atom stereocenters. The minimum absolute atomic E-state index is 0.0997. The van der Waals surface area contributed by atoms with Gasteiger partial charge in [0.25, 0.3) is 0 Å². The Hall–Kier alpha value is -2.53. The van der Waals surface area contributed by atoms with Crippen molar-refractivity contribution in [2.45, 2.75) is 26.4 Å². The molecule has 0 bridgehead atoms. The van der Waals surface area contributed by atoms with E-state index in [-0.39, 0.29) is 11.9 Å². The third-order valence-electron chi connectivity index (χ3n) is 5.00. The molecule has 0 fully saturated rings. The fourth-order valence-electron chi connectivity index (χ4n) is 3.49. The van der Waals surface area contributed by atoms with E-state index in [0.717, 1.165) is 22.6 Å². The number of methoxy groups -OCH3 is 2. The molecule has 0 saturated carbocycles. The molecule has 144 valence electrons. The van der Waals surface area contributed by atoms with Crippen LogP contribution in [0.25, 0.3) is 0 Å². The van der Waals surface area contributed by atoms with Crippen LogP contribution in [-0.2, 0) is 6.54 Å². The highest BCUT2D eigenvalue weighted by atomic mass is 19.1. The molecule has 1 heterocycles. The molecule has 0 radical (unpaired) electrons. The van der Waals surface area contributed by atoms with Gasteiger partial charge < -0.3 is 14.5 Å². The summed E-state index contributed by atoms with van der Waals surface area (Å²) in [5.74, 6) is 1.60. The molecule has 1 unspecified atom stereocenters. The molecule has 0 N–H and O–H groups in total. The monoisotopic (exact) mass is 370 g/mol. The maximum absolute atomic E-state index is 13.2. The van der Waals surface area contributed by atoms with Crippen molar-refractivity contribution in [2.24, 2.45) is 5.92 Å². The Morgan fingerprint density at radius 1 is 1.00 bits per heavy atom. The Balaban J connectivity index is 1.90. The second kappa shape index (κ2) is 8.01. The number of benzene rings is 2. The molecule has 0 aliphatic carbocycles. The van der Waals surface area contributed by atoms with Crippen LogP contribution in [0.1, 0.15) is 31.0 Å². The number of rotatable bonds is 6. The van der Waals surface area contributed by atoms with Crippen molar-refractivity contribution in [3.8, 4) is 11.5 Å². The topological polar surface area (TPSA) is 24.9 Å². The average Bonchev–Trinajstić information content (AvgIpc) is 2.99. The second-order valence-electron chi connectivity index (χ2n) is 7.06. The highest BCUT2D eigenvalue weighted by Crippen LogP contribution is 2.39. The van der Waals surface area contributed by atoms with E-state index in [1.165, 1.54) is 17.8 Å². The average molecular weight is 370 g/mol. The fraction of sp³-hybridized carbons (Fsp3) is 0.364. The minimum Gasteiger partial charge on any atom is -0.493 e. The summed E-state index contributed by atoms with van der Waals surface area (Å²) in [6.45, 7) is 5.08. The summed E-state index contributed by atoms with van der Waals surface area (Å²) in [5.41, 5.74) is 3.46. The molecule has 0 saturated heterocycles. The van der Waals surface area contributed by atoms with Gasteiger partial charge in [0.15, 0.2) is 11.5 Å². The van der Waals surface area contributed by atoms with Gasteiger partial charge in [0.05, 0.1) is 26.8 Å². The lowest BCUT2D eigenvalue weighted by Crippen LogP contribution is -2.36. The van der Waals surface area contributed by atoms with Crippen LogP contribution >= 0.6 is 0 Å². The molecule has 1 aliphatic rings. The largest absolute Gasteiger partial charge is 0.493 e. The smallest absolute Gasteiger partial charge is 0.161 e. The minimum atomic E-state index is -0.212. The van der Waals surface area contributed by atoms with Crippen LogP contribution in [0.15, 0.2) is 54.2 Å². The third kappa shape index (κ3) is 3.93. The van der Waals surface area contributed by atoms with Crippen LogP contribution in [0.3, 0.4) is 0 Å². The Kier molecular flexibility index (Phi) is 5.71. The standard InChI is InChI=1S/C22H27FN2O2/c1-15(2)19-13-20(17-8-11-21(26-4)22(12-17)27-5)24(3)25(19)14-16-6-9-18(23)10-7-16/h6-13,15,20H,14H2,1-5H3. The Labute approximate surface area is 160 Å². The van der Waals surface area contributed by atoms with Gasteiger partial charge >= 0.3 is 0 Å². The molecule has 0 aromatic heterocycles. The lowest BCUT2D eigenvalue weighted by Gasteiger charge is -2.34. The molecule has 0 amide bonds. The van der Waals surface area contributed by atoms with Crippen LogP contribution in [0, 0.1) is 11.7 Å². The van der Waals surface area contributed by atoms with Crippen molar-refractivity contribution in [3.63, 3.8) is 0 Å². The molecular formula is C22H27FN2O2. The van der Waals surface area contributed by atoms with Gasteiger partial charge in [-0.1, -0.05) is 32.0 Å². The molecule has 4 nitrogen and oxygen atoms in total. The highest BCUT2D eigenvalue weighted by molar-refractivity contribution is 5.45. The zero-order valence-electron chi connectivity index (χ0n) is 16.6. The van der Waals surface area contributed by atoms with Crippen LogP contribution < -0.4 is 9.47 Å². The first kappa shape index (κ1) is 19.2. The number of halogens is 1. The van der Waals surface area contributed by atoms with Crippen LogP contribution in [0.5, 0.6) is 11.5 Å². The van der Waals surface area contributed by atoms with Crippen LogP contribution in [-0.4, -0.2) is 31.3 Å². The Morgan fingerprint density at radius 3 is 2.26 bits per heavy atom. The van der Waals surface area contributed by atoms with Gasteiger partial charge in [-0.2, -0.15) is 0 Å². The van der Waals surface area contributed by atoms with E-state index in [4.69, 9.17) is 9.47 Å². The van der Waals surface area contributed by atoms with Gasteiger partial charge in [0, 0.05) is 12.7 Å². The second-order valence-corrected chi connectivity index (χ2v) is 7.06. The molecule has 5 heteroatoms. The molecular weight excluding hydrogens is 343 g/mol. The predicted octanol–water partition coefficient (Wildman–Crippen LogP) is 4.79. The zero-order valence-corrected chi connectivity index (χ0v) is 16.6. The normalized spacial score (nSPS) is 17.4. The van der Waals surface area contributed by atoms with Crippen molar-refractivity contribution in [3.05, 3.63) is 71.2 Å². The summed E-state index contributed by atoms with van der Waals surface area (Å²) < 4.78 is 24.1. The van der Waals surface area contributed by atoms with E-state index in [1.807, 2.05) is 24.3 Å².